The van der Waals surface area contributed by atoms with Crippen molar-refractivity contribution in [3.05, 3.63) is 0 Å². The van der Waals surface area contributed by atoms with Crippen LogP contribution in [0.1, 0.15) is 52.9 Å². The fourth-order valence-electron chi connectivity index (χ4n) is 2.77. The number of carbonyl (C=O) groups is 2. The number of likely N-dealkylation sites (tertiary alicyclic amines) is 1. The Morgan fingerprint density at radius 2 is 1.95 bits per heavy atom. The van der Waals surface area contributed by atoms with Crippen molar-refractivity contribution in [2.75, 3.05) is 13.1 Å². The van der Waals surface area contributed by atoms with Crippen molar-refractivity contribution in [3.63, 3.8) is 0 Å². The molecule has 5 heteroatoms. The molecule has 1 unspecified atom stereocenters. The number of hydrogen-bond donors (Lipinski definition) is 2. The van der Waals surface area contributed by atoms with Gasteiger partial charge in [-0.1, -0.05) is 27.2 Å². The van der Waals surface area contributed by atoms with Crippen molar-refractivity contribution in [3.8, 4) is 0 Å². The first-order valence-electron chi connectivity index (χ1n) is 7.28. The molecule has 2 N–H and O–H groups in total. The minimum Gasteiger partial charge on any atom is -0.481 e. The SMILES string of the molecule is CCCC1(C(=O)O)CCN(C(=O)NC(CC)CC)C1. The van der Waals surface area contributed by atoms with Crippen LogP contribution >= 0.6 is 0 Å². The third-order valence-electron chi connectivity index (χ3n) is 4.14. The zero-order valence-electron chi connectivity index (χ0n) is 12.2. The molecule has 5 nitrogen and oxygen atoms in total. The van der Waals surface area contributed by atoms with Crippen LogP contribution < -0.4 is 5.32 Å². The van der Waals surface area contributed by atoms with E-state index in [-0.39, 0.29) is 12.1 Å². The third-order valence-corrected chi connectivity index (χ3v) is 4.14. The average Bonchev–Trinajstić information content (AvgIpc) is 2.82. The minimum absolute atomic E-state index is 0.118. The molecule has 1 aliphatic heterocycles. The van der Waals surface area contributed by atoms with Gasteiger partial charge in [0.15, 0.2) is 0 Å². The summed E-state index contributed by atoms with van der Waals surface area (Å²) in [6.45, 7) is 6.94. The predicted molar refractivity (Wildman–Crippen MR) is 74.1 cm³/mol. The molecule has 0 aliphatic carbocycles. The molecule has 0 aromatic heterocycles. The average molecular weight is 270 g/mol. The van der Waals surface area contributed by atoms with Crippen LogP contribution in [0.3, 0.4) is 0 Å². The number of carboxylic acids is 1. The van der Waals surface area contributed by atoms with E-state index in [0.717, 1.165) is 19.3 Å². The first kappa shape index (κ1) is 15.8. The highest BCUT2D eigenvalue weighted by molar-refractivity contribution is 5.79. The molecule has 1 atom stereocenters. The van der Waals surface area contributed by atoms with Crippen LogP contribution in [0.25, 0.3) is 0 Å². The zero-order valence-corrected chi connectivity index (χ0v) is 12.2. The lowest BCUT2D eigenvalue weighted by atomic mass is 9.83. The van der Waals surface area contributed by atoms with E-state index in [9.17, 15) is 14.7 Å². The van der Waals surface area contributed by atoms with Crippen molar-refractivity contribution in [2.24, 2.45) is 5.41 Å². The lowest BCUT2D eigenvalue weighted by Crippen LogP contribution is -2.45. The van der Waals surface area contributed by atoms with Gasteiger partial charge in [-0.2, -0.15) is 0 Å². The van der Waals surface area contributed by atoms with E-state index in [1.165, 1.54) is 0 Å². The van der Waals surface area contributed by atoms with Gasteiger partial charge in [0.25, 0.3) is 0 Å². The molecular formula is C14H26N2O3. The number of hydrogen-bond acceptors (Lipinski definition) is 2. The monoisotopic (exact) mass is 270 g/mol. The number of amides is 2. The lowest BCUT2D eigenvalue weighted by Gasteiger charge is -2.25. The minimum atomic E-state index is -0.771. The molecule has 0 bridgehead atoms. The maximum atomic E-state index is 12.1. The second kappa shape index (κ2) is 6.78. The number of urea groups is 1. The van der Waals surface area contributed by atoms with Gasteiger partial charge in [0.1, 0.15) is 0 Å². The lowest BCUT2D eigenvalue weighted by molar-refractivity contribution is -0.148. The Bertz CT molecular complexity index is 329. The first-order chi connectivity index (χ1) is 8.99. The van der Waals surface area contributed by atoms with Gasteiger partial charge in [0.05, 0.1) is 5.41 Å². The van der Waals surface area contributed by atoms with Crippen LogP contribution in [-0.4, -0.2) is 41.1 Å². The fraction of sp³-hybridized carbons (Fsp3) is 0.857. The molecule has 19 heavy (non-hydrogen) atoms. The van der Waals surface area contributed by atoms with Gasteiger partial charge in [-0.3, -0.25) is 4.79 Å². The van der Waals surface area contributed by atoms with Gasteiger partial charge in [0, 0.05) is 19.1 Å². The summed E-state index contributed by atoms with van der Waals surface area (Å²) in [6, 6.07) is 0.0615. The number of aliphatic carboxylic acids is 1. The van der Waals surface area contributed by atoms with Gasteiger partial charge in [0.2, 0.25) is 0 Å². The molecule has 1 fully saturated rings. The quantitative estimate of drug-likeness (QED) is 0.779. The molecule has 0 saturated carbocycles. The summed E-state index contributed by atoms with van der Waals surface area (Å²) in [5, 5.41) is 12.4. The van der Waals surface area contributed by atoms with Crippen molar-refractivity contribution >= 4 is 12.0 Å². The van der Waals surface area contributed by atoms with Crippen molar-refractivity contribution in [1.82, 2.24) is 10.2 Å². The van der Waals surface area contributed by atoms with Gasteiger partial charge in [-0.25, -0.2) is 4.79 Å². The summed E-state index contributed by atoms with van der Waals surface area (Å²) in [7, 11) is 0. The fourth-order valence-corrected chi connectivity index (χ4v) is 2.77. The smallest absolute Gasteiger partial charge is 0.317 e. The highest BCUT2D eigenvalue weighted by Crippen LogP contribution is 2.35. The molecule has 1 saturated heterocycles. The Balaban J connectivity index is 2.63. The normalized spacial score (nSPS) is 22.8. The Hall–Kier alpha value is -1.26. The third kappa shape index (κ3) is 3.61. The van der Waals surface area contributed by atoms with E-state index in [1.54, 1.807) is 4.90 Å². The standard InChI is InChI=1S/C14H26N2O3/c1-4-7-14(12(17)18)8-9-16(10-14)13(19)15-11(5-2)6-3/h11H,4-10H2,1-3H3,(H,15,19)(H,17,18). The summed E-state index contributed by atoms with van der Waals surface area (Å²) in [4.78, 5) is 25.2. The molecule has 1 rings (SSSR count). The van der Waals surface area contributed by atoms with E-state index in [4.69, 9.17) is 0 Å². The van der Waals surface area contributed by atoms with Crippen LogP contribution in [0.15, 0.2) is 0 Å². The van der Waals surface area contributed by atoms with E-state index in [0.29, 0.717) is 25.9 Å². The van der Waals surface area contributed by atoms with Crippen LogP contribution in [0.5, 0.6) is 0 Å². The Morgan fingerprint density at radius 1 is 1.32 bits per heavy atom. The predicted octanol–water partition coefficient (Wildman–Crippen LogP) is 2.46. The Morgan fingerprint density at radius 3 is 2.42 bits per heavy atom. The molecule has 2 amide bonds. The largest absolute Gasteiger partial charge is 0.481 e. The van der Waals surface area contributed by atoms with E-state index in [2.05, 4.69) is 5.32 Å². The van der Waals surface area contributed by atoms with Gasteiger partial charge >= 0.3 is 12.0 Å². The van der Waals surface area contributed by atoms with Gasteiger partial charge < -0.3 is 15.3 Å². The summed E-state index contributed by atoms with van der Waals surface area (Å²) in [5.74, 6) is -0.771. The van der Waals surface area contributed by atoms with Crippen molar-refractivity contribution in [2.45, 2.75) is 58.9 Å². The molecule has 0 spiro atoms. The van der Waals surface area contributed by atoms with Gasteiger partial charge in [-0.15, -0.1) is 0 Å². The molecule has 0 aromatic rings. The summed E-state index contributed by atoms with van der Waals surface area (Å²) < 4.78 is 0. The van der Waals surface area contributed by atoms with Crippen molar-refractivity contribution in [1.29, 1.82) is 0 Å². The molecule has 0 radical (unpaired) electrons. The maximum absolute atomic E-state index is 12.1. The summed E-state index contributed by atoms with van der Waals surface area (Å²) in [5.41, 5.74) is -0.736. The van der Waals surface area contributed by atoms with Crippen LogP contribution in [0.4, 0.5) is 4.79 Å². The molecule has 110 valence electrons. The van der Waals surface area contributed by atoms with Crippen LogP contribution in [0, 0.1) is 5.41 Å². The highest BCUT2D eigenvalue weighted by Gasteiger charge is 2.45. The number of nitrogens with zero attached hydrogens (tertiary/aromatic N) is 1. The van der Waals surface area contributed by atoms with Crippen LogP contribution in [-0.2, 0) is 4.79 Å². The van der Waals surface area contributed by atoms with Crippen molar-refractivity contribution < 1.29 is 14.7 Å². The van der Waals surface area contributed by atoms with Gasteiger partial charge in [-0.05, 0) is 25.7 Å². The zero-order chi connectivity index (χ0) is 14.5. The Kier molecular flexibility index (Phi) is 5.63. The first-order valence-corrected chi connectivity index (χ1v) is 7.28. The van der Waals surface area contributed by atoms with E-state index >= 15 is 0 Å². The highest BCUT2D eigenvalue weighted by atomic mass is 16.4. The van der Waals surface area contributed by atoms with E-state index < -0.39 is 11.4 Å². The number of nitrogens with one attached hydrogen (secondary N) is 1. The second-order valence-corrected chi connectivity index (χ2v) is 5.47. The summed E-state index contributed by atoms with van der Waals surface area (Å²) >= 11 is 0. The Labute approximate surface area is 115 Å². The maximum Gasteiger partial charge on any atom is 0.317 e. The molecule has 1 aliphatic rings. The molecular weight excluding hydrogens is 244 g/mol. The number of carboxylic acid groups (broad SMARTS) is 1. The summed E-state index contributed by atoms with van der Waals surface area (Å²) in [6.07, 6.45) is 3.82. The number of carbonyl (C=O) groups excluding carboxylic acids is 1. The molecule has 1 heterocycles. The topological polar surface area (TPSA) is 69.6 Å². The number of rotatable bonds is 6. The molecule has 0 aromatic carbocycles. The van der Waals surface area contributed by atoms with Crippen LogP contribution in [0.2, 0.25) is 0 Å². The second-order valence-electron chi connectivity index (χ2n) is 5.47. The van der Waals surface area contributed by atoms with E-state index in [1.807, 2.05) is 20.8 Å².